The molecule has 0 aliphatic carbocycles. The Labute approximate surface area is 156 Å². The maximum Gasteiger partial charge on any atom is 0.251 e. The zero-order valence-electron chi connectivity index (χ0n) is 15.5. The van der Waals surface area contributed by atoms with E-state index in [2.05, 4.69) is 17.6 Å². The van der Waals surface area contributed by atoms with E-state index in [1.807, 2.05) is 0 Å². The van der Waals surface area contributed by atoms with Gasteiger partial charge in [-0.2, -0.15) is 4.31 Å². The number of ether oxygens (including phenoxy) is 1. The van der Waals surface area contributed by atoms with E-state index in [1.165, 1.54) is 16.4 Å². The molecule has 2 rings (SSSR count). The fourth-order valence-corrected chi connectivity index (χ4v) is 4.29. The molecule has 7 nitrogen and oxygen atoms in total. The SMILES string of the molecule is COCCNCCNC(=O)c1ccc(S(=O)(=O)N2CCC(C)CC2)cc1. The largest absolute Gasteiger partial charge is 0.383 e. The number of rotatable bonds is 9. The van der Waals surface area contributed by atoms with Crippen molar-refractivity contribution in [1.29, 1.82) is 0 Å². The Morgan fingerprint density at radius 1 is 1.15 bits per heavy atom. The monoisotopic (exact) mass is 383 g/mol. The number of carbonyl (C=O) groups is 1. The number of carbonyl (C=O) groups excluding carboxylic acids is 1. The molecule has 0 unspecified atom stereocenters. The third kappa shape index (κ3) is 5.77. The van der Waals surface area contributed by atoms with Crippen LogP contribution in [-0.4, -0.2) is 65.1 Å². The zero-order valence-corrected chi connectivity index (χ0v) is 16.3. The molecule has 1 amide bonds. The summed E-state index contributed by atoms with van der Waals surface area (Å²) in [5.41, 5.74) is 0.452. The highest BCUT2D eigenvalue weighted by Crippen LogP contribution is 2.23. The molecule has 1 fully saturated rings. The van der Waals surface area contributed by atoms with E-state index in [0.717, 1.165) is 19.4 Å². The molecule has 8 heteroatoms. The van der Waals surface area contributed by atoms with Crippen molar-refractivity contribution in [3.63, 3.8) is 0 Å². The Kier molecular flexibility index (Phi) is 8.02. The van der Waals surface area contributed by atoms with Crippen LogP contribution in [0.1, 0.15) is 30.1 Å². The van der Waals surface area contributed by atoms with Gasteiger partial charge in [-0.1, -0.05) is 6.92 Å². The van der Waals surface area contributed by atoms with Crippen molar-refractivity contribution in [1.82, 2.24) is 14.9 Å². The second-order valence-electron chi connectivity index (χ2n) is 6.61. The minimum absolute atomic E-state index is 0.214. The van der Waals surface area contributed by atoms with Crippen LogP contribution in [0.5, 0.6) is 0 Å². The normalized spacial score (nSPS) is 16.5. The molecule has 0 spiro atoms. The Hall–Kier alpha value is -1.48. The van der Waals surface area contributed by atoms with Gasteiger partial charge in [-0.3, -0.25) is 4.79 Å². The molecule has 0 atom stereocenters. The van der Waals surface area contributed by atoms with Gasteiger partial charge in [-0.25, -0.2) is 8.42 Å². The highest BCUT2D eigenvalue weighted by atomic mass is 32.2. The van der Waals surface area contributed by atoms with Gasteiger partial charge in [0, 0.05) is 45.4 Å². The lowest BCUT2D eigenvalue weighted by Crippen LogP contribution is -2.37. The van der Waals surface area contributed by atoms with Crippen LogP contribution >= 0.6 is 0 Å². The van der Waals surface area contributed by atoms with E-state index in [-0.39, 0.29) is 10.8 Å². The maximum atomic E-state index is 12.7. The van der Waals surface area contributed by atoms with Crippen LogP contribution in [0, 0.1) is 5.92 Å². The molecule has 0 radical (unpaired) electrons. The van der Waals surface area contributed by atoms with E-state index in [1.54, 1.807) is 19.2 Å². The van der Waals surface area contributed by atoms with E-state index in [0.29, 0.717) is 44.3 Å². The number of nitrogens with one attached hydrogen (secondary N) is 2. The van der Waals surface area contributed by atoms with Crippen LogP contribution in [0.15, 0.2) is 29.2 Å². The van der Waals surface area contributed by atoms with Crippen LogP contribution in [0.3, 0.4) is 0 Å². The number of benzene rings is 1. The minimum atomic E-state index is -3.48. The molecule has 1 aromatic carbocycles. The van der Waals surface area contributed by atoms with Crippen molar-refractivity contribution < 1.29 is 17.9 Å². The van der Waals surface area contributed by atoms with Gasteiger partial charge in [0.05, 0.1) is 11.5 Å². The number of methoxy groups -OCH3 is 1. The summed E-state index contributed by atoms with van der Waals surface area (Å²) < 4.78 is 31.8. The minimum Gasteiger partial charge on any atom is -0.383 e. The van der Waals surface area contributed by atoms with Crippen LogP contribution in [0.2, 0.25) is 0 Å². The second-order valence-corrected chi connectivity index (χ2v) is 8.55. The van der Waals surface area contributed by atoms with E-state index in [4.69, 9.17) is 4.74 Å². The Bertz CT molecular complexity index is 668. The van der Waals surface area contributed by atoms with Gasteiger partial charge in [0.15, 0.2) is 0 Å². The van der Waals surface area contributed by atoms with E-state index in [9.17, 15) is 13.2 Å². The van der Waals surface area contributed by atoms with E-state index >= 15 is 0 Å². The highest BCUT2D eigenvalue weighted by molar-refractivity contribution is 7.89. The van der Waals surface area contributed by atoms with Gasteiger partial charge in [-0.15, -0.1) is 0 Å². The molecule has 1 heterocycles. The molecular weight excluding hydrogens is 354 g/mol. The first-order valence-corrected chi connectivity index (χ1v) is 10.5. The molecule has 1 aromatic rings. The van der Waals surface area contributed by atoms with Crippen LogP contribution in [-0.2, 0) is 14.8 Å². The molecular formula is C18H29N3O4S. The smallest absolute Gasteiger partial charge is 0.251 e. The molecule has 26 heavy (non-hydrogen) atoms. The first-order chi connectivity index (χ1) is 12.4. The molecule has 0 bridgehead atoms. The van der Waals surface area contributed by atoms with Crippen molar-refractivity contribution in [2.45, 2.75) is 24.7 Å². The van der Waals surface area contributed by atoms with Crippen LogP contribution in [0.4, 0.5) is 0 Å². The number of hydrogen-bond acceptors (Lipinski definition) is 5. The average molecular weight is 384 g/mol. The summed E-state index contributed by atoms with van der Waals surface area (Å²) in [4.78, 5) is 12.3. The number of amides is 1. The molecule has 1 aliphatic heterocycles. The predicted octanol–water partition coefficient (Wildman–Crippen LogP) is 1.07. The molecule has 0 saturated carbocycles. The summed E-state index contributed by atoms with van der Waals surface area (Å²) in [6.45, 7) is 5.76. The number of sulfonamides is 1. The quantitative estimate of drug-likeness (QED) is 0.623. The maximum absolute atomic E-state index is 12.7. The second kappa shape index (κ2) is 10.0. The first kappa shape index (κ1) is 20.8. The van der Waals surface area contributed by atoms with Gasteiger partial charge < -0.3 is 15.4 Å². The lowest BCUT2D eigenvalue weighted by Gasteiger charge is -2.29. The van der Waals surface area contributed by atoms with Crippen LogP contribution < -0.4 is 10.6 Å². The Morgan fingerprint density at radius 3 is 2.42 bits per heavy atom. The van der Waals surface area contributed by atoms with Crippen LogP contribution in [0.25, 0.3) is 0 Å². The summed E-state index contributed by atoms with van der Waals surface area (Å²) in [5.74, 6) is 0.353. The summed E-state index contributed by atoms with van der Waals surface area (Å²) in [5, 5.41) is 5.94. The third-order valence-electron chi connectivity index (χ3n) is 4.57. The van der Waals surface area contributed by atoms with E-state index < -0.39 is 10.0 Å². The van der Waals surface area contributed by atoms with Crippen molar-refractivity contribution >= 4 is 15.9 Å². The predicted molar refractivity (Wildman–Crippen MR) is 101 cm³/mol. The highest BCUT2D eigenvalue weighted by Gasteiger charge is 2.28. The fraction of sp³-hybridized carbons (Fsp3) is 0.611. The van der Waals surface area contributed by atoms with Crippen molar-refractivity contribution in [3.05, 3.63) is 29.8 Å². The van der Waals surface area contributed by atoms with Gasteiger partial charge in [0.1, 0.15) is 0 Å². The van der Waals surface area contributed by atoms with Gasteiger partial charge in [-0.05, 0) is 43.0 Å². The topological polar surface area (TPSA) is 87.7 Å². The van der Waals surface area contributed by atoms with Gasteiger partial charge >= 0.3 is 0 Å². The molecule has 0 aromatic heterocycles. The van der Waals surface area contributed by atoms with Gasteiger partial charge in [0.2, 0.25) is 10.0 Å². The van der Waals surface area contributed by atoms with Crippen molar-refractivity contribution in [2.24, 2.45) is 5.92 Å². The lowest BCUT2D eigenvalue weighted by molar-refractivity contribution is 0.0953. The summed E-state index contributed by atoms with van der Waals surface area (Å²) >= 11 is 0. The molecule has 1 saturated heterocycles. The summed E-state index contributed by atoms with van der Waals surface area (Å²) in [6.07, 6.45) is 1.77. The van der Waals surface area contributed by atoms with Crippen molar-refractivity contribution in [2.75, 3.05) is 46.4 Å². The fourth-order valence-electron chi connectivity index (χ4n) is 2.82. The Balaban J connectivity index is 1.88. The summed E-state index contributed by atoms with van der Waals surface area (Å²) in [6, 6.07) is 6.15. The number of nitrogens with zero attached hydrogens (tertiary/aromatic N) is 1. The van der Waals surface area contributed by atoms with Gasteiger partial charge in [0.25, 0.3) is 5.91 Å². The average Bonchev–Trinajstić information content (AvgIpc) is 2.65. The third-order valence-corrected chi connectivity index (χ3v) is 6.48. The lowest BCUT2D eigenvalue weighted by atomic mass is 10.0. The molecule has 2 N–H and O–H groups in total. The standard InChI is InChI=1S/C18H29N3O4S/c1-15-7-12-21(13-8-15)26(23,24)17-5-3-16(4-6-17)18(22)20-10-9-19-11-14-25-2/h3-6,15,19H,7-14H2,1-2H3,(H,20,22). The zero-order chi connectivity index (χ0) is 19.0. The number of hydrogen-bond donors (Lipinski definition) is 2. The number of piperidine rings is 1. The Morgan fingerprint density at radius 2 is 1.81 bits per heavy atom. The first-order valence-electron chi connectivity index (χ1n) is 9.03. The molecule has 146 valence electrons. The summed E-state index contributed by atoms with van der Waals surface area (Å²) in [7, 11) is -1.84. The molecule has 1 aliphatic rings. The van der Waals surface area contributed by atoms with Crippen molar-refractivity contribution in [3.8, 4) is 0 Å².